The SMILES string of the molecule is CCCCCC(=O)c1ccc(N=Nc2cc3sc(N=Nc4ccc(N(CC)CC)cc4)nc3s2)cc1. The van der Waals surface area contributed by atoms with Gasteiger partial charge in [0.1, 0.15) is 9.83 Å². The molecular formula is C27H30N6OS2. The summed E-state index contributed by atoms with van der Waals surface area (Å²) in [6.45, 7) is 8.38. The number of unbranched alkanes of at least 4 members (excludes halogenated alkanes) is 2. The molecule has 2 aromatic carbocycles. The Morgan fingerprint density at radius 2 is 1.50 bits per heavy atom. The fourth-order valence-corrected chi connectivity index (χ4v) is 5.57. The van der Waals surface area contributed by atoms with Crippen LogP contribution in [-0.4, -0.2) is 23.9 Å². The highest BCUT2D eigenvalue weighted by Gasteiger charge is 2.09. The topological polar surface area (TPSA) is 82.6 Å². The fourth-order valence-electron chi connectivity index (χ4n) is 3.72. The Labute approximate surface area is 219 Å². The molecule has 0 N–H and O–H groups in total. The van der Waals surface area contributed by atoms with E-state index >= 15 is 0 Å². The number of carbonyl (C=O) groups is 1. The zero-order valence-corrected chi connectivity index (χ0v) is 22.5. The summed E-state index contributed by atoms with van der Waals surface area (Å²) in [5.41, 5.74) is 3.42. The molecule has 0 saturated carbocycles. The minimum absolute atomic E-state index is 0.182. The maximum absolute atomic E-state index is 12.2. The van der Waals surface area contributed by atoms with E-state index in [0.29, 0.717) is 17.2 Å². The van der Waals surface area contributed by atoms with Crippen LogP contribution in [0.25, 0.3) is 9.53 Å². The number of carbonyl (C=O) groups excluding carboxylic acids is 1. The van der Waals surface area contributed by atoms with Crippen molar-refractivity contribution in [1.29, 1.82) is 0 Å². The van der Waals surface area contributed by atoms with Crippen LogP contribution in [0.1, 0.15) is 56.8 Å². The zero-order chi connectivity index (χ0) is 25.3. The van der Waals surface area contributed by atoms with Gasteiger partial charge >= 0.3 is 0 Å². The number of benzene rings is 2. The number of ketones is 1. The monoisotopic (exact) mass is 518 g/mol. The van der Waals surface area contributed by atoms with Gasteiger partial charge in [0.05, 0.1) is 16.1 Å². The molecule has 4 aromatic rings. The van der Waals surface area contributed by atoms with E-state index in [1.807, 2.05) is 42.5 Å². The number of rotatable bonds is 12. The van der Waals surface area contributed by atoms with E-state index in [2.05, 4.69) is 63.2 Å². The Bertz CT molecular complexity index is 1300. The van der Waals surface area contributed by atoms with Crippen LogP contribution in [0.2, 0.25) is 0 Å². The number of thiazole rings is 1. The van der Waals surface area contributed by atoms with Crippen molar-refractivity contribution < 1.29 is 4.79 Å². The third-order valence-corrected chi connectivity index (χ3v) is 7.68. The zero-order valence-electron chi connectivity index (χ0n) is 20.8. The average molecular weight is 519 g/mol. The molecule has 186 valence electrons. The molecule has 0 bridgehead atoms. The molecule has 0 aliphatic rings. The predicted octanol–water partition coefficient (Wildman–Crippen LogP) is 9.80. The molecule has 0 radical (unpaired) electrons. The molecule has 0 unspecified atom stereocenters. The summed E-state index contributed by atoms with van der Waals surface area (Å²) >= 11 is 2.94. The van der Waals surface area contributed by atoms with E-state index in [9.17, 15) is 4.79 Å². The van der Waals surface area contributed by atoms with Crippen LogP contribution < -0.4 is 4.90 Å². The van der Waals surface area contributed by atoms with Crippen LogP contribution in [0.15, 0.2) is 75.1 Å². The summed E-state index contributed by atoms with van der Waals surface area (Å²) in [6, 6.07) is 17.4. The quantitative estimate of drug-likeness (QED) is 0.106. The second-order valence-electron chi connectivity index (χ2n) is 8.27. The van der Waals surface area contributed by atoms with Crippen molar-refractivity contribution in [2.45, 2.75) is 46.5 Å². The highest BCUT2D eigenvalue weighted by molar-refractivity contribution is 7.30. The Hall–Kier alpha value is -3.30. The predicted molar refractivity (Wildman–Crippen MR) is 151 cm³/mol. The van der Waals surface area contributed by atoms with Gasteiger partial charge < -0.3 is 4.90 Å². The van der Waals surface area contributed by atoms with Crippen LogP contribution in [-0.2, 0) is 0 Å². The average Bonchev–Trinajstić information content (AvgIpc) is 3.46. The van der Waals surface area contributed by atoms with E-state index in [4.69, 9.17) is 0 Å². The van der Waals surface area contributed by atoms with Gasteiger partial charge in [0.2, 0.25) is 5.13 Å². The minimum Gasteiger partial charge on any atom is -0.372 e. The van der Waals surface area contributed by atoms with Crippen LogP contribution in [0.3, 0.4) is 0 Å². The van der Waals surface area contributed by atoms with Gasteiger partial charge in [0, 0.05) is 30.8 Å². The van der Waals surface area contributed by atoms with Crippen LogP contribution in [0, 0.1) is 0 Å². The highest BCUT2D eigenvalue weighted by atomic mass is 32.1. The van der Waals surface area contributed by atoms with Gasteiger partial charge in [0.15, 0.2) is 5.78 Å². The largest absolute Gasteiger partial charge is 0.372 e. The molecule has 0 saturated heterocycles. The molecule has 0 amide bonds. The molecule has 0 aliphatic carbocycles. The first-order valence-corrected chi connectivity index (χ1v) is 13.9. The van der Waals surface area contributed by atoms with Crippen molar-refractivity contribution in [2.24, 2.45) is 20.5 Å². The first-order valence-electron chi connectivity index (χ1n) is 12.3. The van der Waals surface area contributed by atoms with E-state index in [-0.39, 0.29) is 5.78 Å². The van der Waals surface area contributed by atoms with Gasteiger partial charge in [-0.1, -0.05) is 42.4 Å². The third kappa shape index (κ3) is 6.67. The van der Waals surface area contributed by atoms with Crippen LogP contribution >= 0.6 is 22.7 Å². The molecule has 4 rings (SSSR count). The molecule has 9 heteroatoms. The molecule has 0 atom stereocenters. The van der Waals surface area contributed by atoms with Crippen molar-refractivity contribution >= 4 is 65.2 Å². The first kappa shape index (κ1) is 25.8. The van der Waals surface area contributed by atoms with Gasteiger partial charge in [-0.25, -0.2) is 4.98 Å². The summed E-state index contributed by atoms with van der Waals surface area (Å²) in [7, 11) is 0. The molecule has 2 aromatic heterocycles. The van der Waals surface area contributed by atoms with Crippen LogP contribution in [0.5, 0.6) is 0 Å². The molecule has 0 fully saturated rings. The number of anilines is 1. The van der Waals surface area contributed by atoms with Gasteiger partial charge in [-0.15, -0.1) is 20.5 Å². The van der Waals surface area contributed by atoms with Crippen molar-refractivity contribution in [3.05, 3.63) is 60.2 Å². The second-order valence-corrected chi connectivity index (χ2v) is 10.3. The number of azo groups is 2. The normalized spacial score (nSPS) is 11.8. The first-order chi connectivity index (χ1) is 17.6. The second kappa shape index (κ2) is 12.6. The molecule has 7 nitrogen and oxygen atoms in total. The van der Waals surface area contributed by atoms with Crippen molar-refractivity contribution in [3.63, 3.8) is 0 Å². The van der Waals surface area contributed by atoms with Gasteiger partial charge in [0.25, 0.3) is 0 Å². The number of Topliss-reactive ketones (excluding diaryl/α,β-unsaturated/α-hetero) is 1. The Balaban J connectivity index is 1.36. The lowest BCUT2D eigenvalue weighted by molar-refractivity contribution is 0.0979. The standard InChI is InChI=1S/C27H30N6OS2/c1-4-7-8-9-23(34)19-10-12-20(13-11-19)29-31-25-18-24-26(36-25)28-27(35-24)32-30-21-14-16-22(17-15-21)33(5-2)6-3/h10-18H,4-9H2,1-3H3. The lowest BCUT2D eigenvalue weighted by Gasteiger charge is -2.20. The van der Waals surface area contributed by atoms with E-state index in [0.717, 1.165) is 58.1 Å². The number of thiophene rings is 1. The molecule has 0 spiro atoms. The maximum Gasteiger partial charge on any atom is 0.231 e. The number of aromatic nitrogens is 1. The van der Waals surface area contributed by atoms with Crippen molar-refractivity contribution in [1.82, 2.24) is 4.98 Å². The number of nitrogens with zero attached hydrogens (tertiary/aromatic N) is 6. The smallest absolute Gasteiger partial charge is 0.231 e. The summed E-state index contributed by atoms with van der Waals surface area (Å²) in [5, 5.41) is 18.7. The van der Waals surface area contributed by atoms with Crippen LogP contribution in [0.4, 0.5) is 27.2 Å². The van der Waals surface area contributed by atoms with Gasteiger partial charge in [-0.05, 0) is 74.9 Å². The fraction of sp³-hybridized carbons (Fsp3) is 0.333. The molecule has 36 heavy (non-hydrogen) atoms. The maximum atomic E-state index is 12.2. The van der Waals surface area contributed by atoms with Gasteiger partial charge in [-0.2, -0.15) is 0 Å². The van der Waals surface area contributed by atoms with Crippen molar-refractivity contribution in [3.8, 4) is 0 Å². The number of fused-ring (bicyclic) bond motifs is 1. The lowest BCUT2D eigenvalue weighted by atomic mass is 10.0. The summed E-state index contributed by atoms with van der Waals surface area (Å²) < 4.78 is 1.01. The lowest BCUT2D eigenvalue weighted by Crippen LogP contribution is -2.21. The number of hydrogen-bond donors (Lipinski definition) is 0. The van der Waals surface area contributed by atoms with E-state index in [1.54, 1.807) is 0 Å². The van der Waals surface area contributed by atoms with Gasteiger partial charge in [-0.3, -0.25) is 4.79 Å². The Morgan fingerprint density at radius 1 is 0.833 bits per heavy atom. The number of hydrogen-bond acceptors (Lipinski definition) is 9. The third-order valence-electron chi connectivity index (χ3n) is 5.76. The highest BCUT2D eigenvalue weighted by Crippen LogP contribution is 2.39. The summed E-state index contributed by atoms with van der Waals surface area (Å²) in [6.07, 6.45) is 3.73. The van der Waals surface area contributed by atoms with Crippen molar-refractivity contribution in [2.75, 3.05) is 18.0 Å². The Morgan fingerprint density at radius 3 is 2.14 bits per heavy atom. The molecule has 0 aliphatic heterocycles. The van der Waals surface area contributed by atoms with E-state index in [1.165, 1.54) is 28.4 Å². The molecular weight excluding hydrogens is 488 g/mol. The summed E-state index contributed by atoms with van der Waals surface area (Å²) in [5.74, 6) is 0.182. The minimum atomic E-state index is 0.182. The molecule has 2 heterocycles. The Kier molecular flexibility index (Phi) is 9.02. The summed E-state index contributed by atoms with van der Waals surface area (Å²) in [4.78, 5) is 19.9. The van der Waals surface area contributed by atoms with E-state index < -0.39 is 0 Å².